The summed E-state index contributed by atoms with van der Waals surface area (Å²) in [5.41, 5.74) is 3.04. The van der Waals surface area contributed by atoms with Crippen molar-refractivity contribution < 1.29 is 19.0 Å². The predicted molar refractivity (Wildman–Crippen MR) is 130 cm³/mol. The molecule has 0 bridgehead atoms. The molecule has 1 N–H and O–H groups in total. The number of rotatable bonds is 10. The molecule has 0 atom stereocenters. The molecule has 3 aromatic carbocycles. The van der Waals surface area contributed by atoms with Crippen LogP contribution in [0.4, 0.5) is 0 Å². The van der Waals surface area contributed by atoms with E-state index in [4.69, 9.17) is 14.2 Å². The highest BCUT2D eigenvalue weighted by Gasteiger charge is 2.07. The van der Waals surface area contributed by atoms with Gasteiger partial charge in [0.15, 0.2) is 11.5 Å². The number of ether oxygens (including phenoxy) is 3. The number of amides is 1. The Morgan fingerprint density at radius 3 is 2.38 bits per heavy atom. The van der Waals surface area contributed by atoms with Crippen molar-refractivity contribution in [2.45, 2.75) is 13.0 Å². The maximum Gasteiger partial charge on any atom is 0.244 e. The zero-order valence-electron chi connectivity index (χ0n) is 18.1. The van der Waals surface area contributed by atoms with E-state index in [2.05, 4.69) is 21.2 Å². The number of methoxy groups -OCH3 is 2. The molecule has 6 heteroatoms. The van der Waals surface area contributed by atoms with Gasteiger partial charge in [0.1, 0.15) is 12.4 Å². The summed E-state index contributed by atoms with van der Waals surface area (Å²) in [7, 11) is 3.24. The lowest BCUT2D eigenvalue weighted by atomic mass is 10.1. The average Bonchev–Trinajstić information content (AvgIpc) is 2.82. The highest BCUT2D eigenvalue weighted by molar-refractivity contribution is 9.10. The van der Waals surface area contributed by atoms with E-state index in [0.717, 1.165) is 26.9 Å². The van der Waals surface area contributed by atoms with Crippen LogP contribution in [0.15, 0.2) is 77.3 Å². The maximum atomic E-state index is 12.2. The maximum absolute atomic E-state index is 12.2. The van der Waals surface area contributed by atoms with Crippen LogP contribution in [0.3, 0.4) is 0 Å². The molecular weight excluding hydrogens is 470 g/mol. The minimum Gasteiger partial charge on any atom is -0.496 e. The van der Waals surface area contributed by atoms with Gasteiger partial charge in [-0.25, -0.2) is 0 Å². The highest BCUT2D eigenvalue weighted by Crippen LogP contribution is 2.29. The molecule has 0 aliphatic heterocycles. The number of carbonyl (C=O) groups excluding carboxylic acids is 1. The fourth-order valence-corrected chi connectivity index (χ4v) is 3.63. The summed E-state index contributed by atoms with van der Waals surface area (Å²) in [6.07, 6.45) is 3.97. The first-order valence-electron chi connectivity index (χ1n) is 10.2. The molecule has 0 unspecified atom stereocenters. The molecule has 0 saturated heterocycles. The molecule has 0 fully saturated rings. The van der Waals surface area contributed by atoms with Gasteiger partial charge in [-0.05, 0) is 69.4 Å². The van der Waals surface area contributed by atoms with Crippen LogP contribution in [0, 0.1) is 0 Å². The molecule has 0 heterocycles. The Hall–Kier alpha value is -3.25. The molecule has 0 aliphatic carbocycles. The van der Waals surface area contributed by atoms with E-state index in [0.29, 0.717) is 31.1 Å². The minimum atomic E-state index is -0.147. The summed E-state index contributed by atoms with van der Waals surface area (Å²) < 4.78 is 17.4. The third-order valence-electron chi connectivity index (χ3n) is 4.78. The Labute approximate surface area is 197 Å². The fourth-order valence-electron chi connectivity index (χ4n) is 3.07. The van der Waals surface area contributed by atoms with E-state index in [9.17, 15) is 4.79 Å². The van der Waals surface area contributed by atoms with E-state index in [-0.39, 0.29) is 5.91 Å². The molecule has 166 valence electrons. The van der Waals surface area contributed by atoms with Crippen LogP contribution >= 0.6 is 15.9 Å². The minimum absolute atomic E-state index is 0.147. The van der Waals surface area contributed by atoms with Gasteiger partial charge >= 0.3 is 0 Å². The predicted octanol–water partition coefficient (Wildman–Crippen LogP) is 5.42. The van der Waals surface area contributed by atoms with E-state index in [1.54, 1.807) is 20.3 Å². The third kappa shape index (κ3) is 6.89. The van der Waals surface area contributed by atoms with Gasteiger partial charge in [-0.1, -0.05) is 42.5 Å². The summed E-state index contributed by atoms with van der Waals surface area (Å²) >= 11 is 3.44. The van der Waals surface area contributed by atoms with Gasteiger partial charge in [-0.2, -0.15) is 0 Å². The first kappa shape index (κ1) is 23.4. The third-order valence-corrected chi connectivity index (χ3v) is 5.40. The Morgan fingerprint density at radius 2 is 1.66 bits per heavy atom. The van der Waals surface area contributed by atoms with Crippen LogP contribution in [0.5, 0.6) is 17.2 Å². The molecule has 0 aliphatic rings. The molecule has 32 heavy (non-hydrogen) atoms. The Bertz CT molecular complexity index is 1070. The second kappa shape index (κ2) is 12.0. The van der Waals surface area contributed by atoms with Crippen LogP contribution in [-0.2, 0) is 17.8 Å². The largest absolute Gasteiger partial charge is 0.496 e. The molecule has 0 radical (unpaired) electrons. The second-order valence-electron chi connectivity index (χ2n) is 7.03. The van der Waals surface area contributed by atoms with Crippen molar-refractivity contribution in [3.05, 3.63) is 94.0 Å². The number of hydrogen-bond acceptors (Lipinski definition) is 4. The SMILES string of the molecule is COc1ccc(C=CC(=O)NCCc2ccc(OC)c(OCc3ccccc3)c2)cc1Br. The quantitative estimate of drug-likeness (QED) is 0.381. The zero-order valence-corrected chi connectivity index (χ0v) is 19.7. The molecule has 0 aromatic heterocycles. The number of benzene rings is 3. The summed E-state index contributed by atoms with van der Waals surface area (Å²) in [6.45, 7) is 0.976. The molecule has 5 nitrogen and oxygen atoms in total. The number of carbonyl (C=O) groups is 1. The van der Waals surface area contributed by atoms with Gasteiger partial charge in [0, 0.05) is 12.6 Å². The Balaban J connectivity index is 1.52. The van der Waals surface area contributed by atoms with E-state index in [1.165, 1.54) is 6.08 Å². The lowest BCUT2D eigenvalue weighted by Crippen LogP contribution is -2.23. The van der Waals surface area contributed by atoms with Gasteiger partial charge in [0.25, 0.3) is 0 Å². The van der Waals surface area contributed by atoms with Gasteiger partial charge in [0.2, 0.25) is 5.91 Å². The van der Waals surface area contributed by atoms with E-state index in [1.807, 2.05) is 66.7 Å². The topological polar surface area (TPSA) is 56.8 Å². The zero-order chi connectivity index (χ0) is 22.8. The van der Waals surface area contributed by atoms with Crippen LogP contribution in [-0.4, -0.2) is 26.7 Å². The first-order valence-corrected chi connectivity index (χ1v) is 11.0. The molecule has 3 aromatic rings. The van der Waals surface area contributed by atoms with Gasteiger partial charge in [0.05, 0.1) is 18.7 Å². The highest BCUT2D eigenvalue weighted by atomic mass is 79.9. The average molecular weight is 496 g/mol. The summed E-state index contributed by atoms with van der Waals surface area (Å²) in [6, 6.07) is 21.4. The lowest BCUT2D eigenvalue weighted by Gasteiger charge is -2.12. The molecular formula is C26H26BrNO4. The van der Waals surface area contributed by atoms with Gasteiger partial charge in [-0.3, -0.25) is 4.79 Å². The lowest BCUT2D eigenvalue weighted by molar-refractivity contribution is -0.116. The van der Waals surface area contributed by atoms with Crippen molar-refractivity contribution in [2.75, 3.05) is 20.8 Å². The molecule has 0 spiro atoms. The smallest absolute Gasteiger partial charge is 0.244 e. The van der Waals surface area contributed by atoms with E-state index >= 15 is 0 Å². The van der Waals surface area contributed by atoms with Crippen molar-refractivity contribution in [3.8, 4) is 17.2 Å². The van der Waals surface area contributed by atoms with Crippen molar-refractivity contribution in [3.63, 3.8) is 0 Å². The van der Waals surface area contributed by atoms with Gasteiger partial charge in [-0.15, -0.1) is 0 Å². The monoisotopic (exact) mass is 495 g/mol. The number of halogens is 1. The van der Waals surface area contributed by atoms with Crippen molar-refractivity contribution >= 4 is 27.9 Å². The number of nitrogens with one attached hydrogen (secondary N) is 1. The van der Waals surface area contributed by atoms with E-state index < -0.39 is 0 Å². The Kier molecular flexibility index (Phi) is 8.75. The molecule has 3 rings (SSSR count). The Morgan fingerprint density at radius 1 is 0.906 bits per heavy atom. The van der Waals surface area contributed by atoms with Crippen LogP contribution in [0.2, 0.25) is 0 Å². The van der Waals surface area contributed by atoms with Crippen molar-refractivity contribution in [1.29, 1.82) is 0 Å². The summed E-state index contributed by atoms with van der Waals surface area (Å²) in [5, 5.41) is 2.91. The van der Waals surface area contributed by atoms with Crippen LogP contribution in [0.1, 0.15) is 16.7 Å². The second-order valence-corrected chi connectivity index (χ2v) is 7.88. The van der Waals surface area contributed by atoms with Gasteiger partial charge < -0.3 is 19.5 Å². The van der Waals surface area contributed by atoms with Crippen molar-refractivity contribution in [2.24, 2.45) is 0 Å². The number of hydrogen-bond donors (Lipinski definition) is 1. The first-order chi connectivity index (χ1) is 15.6. The van der Waals surface area contributed by atoms with Crippen LogP contribution in [0.25, 0.3) is 6.08 Å². The molecule has 0 saturated carbocycles. The summed E-state index contributed by atoms with van der Waals surface area (Å²) in [4.78, 5) is 12.2. The molecule has 1 amide bonds. The normalized spacial score (nSPS) is 10.7. The fraction of sp³-hybridized carbons (Fsp3) is 0.192. The summed E-state index contributed by atoms with van der Waals surface area (Å²) in [5.74, 6) is 1.97. The van der Waals surface area contributed by atoms with Crippen molar-refractivity contribution in [1.82, 2.24) is 5.32 Å². The van der Waals surface area contributed by atoms with Crippen LogP contribution < -0.4 is 19.5 Å². The standard InChI is InChI=1S/C26H26BrNO4/c1-30-23-11-8-19(16-22(23)27)10-13-26(29)28-15-14-20-9-12-24(31-2)25(17-20)32-18-21-6-4-3-5-7-21/h3-13,16-17H,14-15,18H2,1-2H3,(H,28,29).